The molecule has 0 saturated carbocycles. The smallest absolute Gasteiger partial charge is 0.460 e. The van der Waals surface area contributed by atoms with Gasteiger partial charge in [-0.15, -0.1) is 19.7 Å². The number of rotatable bonds is 14. The van der Waals surface area contributed by atoms with Crippen molar-refractivity contribution in [1.29, 1.82) is 0 Å². The molecule has 0 aromatic carbocycles. The topological polar surface area (TPSA) is 54.0 Å². The number of carbonyl (C=O) groups excluding carboxylic acids is 1. The highest BCUT2D eigenvalue weighted by Gasteiger charge is 2.51. The van der Waals surface area contributed by atoms with Gasteiger partial charge in [0.15, 0.2) is 0 Å². The Labute approximate surface area is 175 Å². The molecule has 0 aliphatic carbocycles. The molecule has 0 saturated heterocycles. The van der Waals surface area contributed by atoms with E-state index in [4.69, 9.17) is 17.1 Å². The summed E-state index contributed by atoms with van der Waals surface area (Å²) in [6.07, 6.45) is 1.43. The van der Waals surface area contributed by atoms with Crippen LogP contribution in [-0.2, 0) is 21.9 Å². The first-order chi connectivity index (χ1) is 12.7. The molecule has 0 N–H and O–H groups in total. The second kappa shape index (κ2) is 10.8. The van der Waals surface area contributed by atoms with Crippen LogP contribution >= 0.6 is 0 Å². The van der Waals surface area contributed by atoms with E-state index in [1.807, 2.05) is 24.0 Å². The Morgan fingerprint density at radius 3 is 1.46 bits per heavy atom. The lowest BCUT2D eigenvalue weighted by Crippen LogP contribution is -2.61. The van der Waals surface area contributed by atoms with Gasteiger partial charge in [-0.1, -0.05) is 23.7 Å². The number of esters is 1. The minimum Gasteiger partial charge on any atom is -0.460 e. The van der Waals surface area contributed by atoms with E-state index in [-0.39, 0.29) is 6.10 Å². The molecule has 1 atom stereocenters. The Bertz CT molecular complexity index is 532. The summed E-state index contributed by atoms with van der Waals surface area (Å²) in [6, 6.07) is 0.539. The maximum absolute atomic E-state index is 11.5. The molecule has 0 rings (SSSR count). The third kappa shape index (κ3) is 10.1. The molecule has 0 aromatic rings. The highest BCUT2D eigenvalue weighted by Crippen LogP contribution is 2.31. The van der Waals surface area contributed by atoms with Gasteiger partial charge in [0.2, 0.25) is 25.0 Å². The molecule has 0 bridgehead atoms. The molecule has 9 heteroatoms. The van der Waals surface area contributed by atoms with Crippen molar-refractivity contribution in [2.24, 2.45) is 0 Å². The molecule has 0 spiro atoms. The average molecular weight is 459 g/mol. The SMILES string of the molecule is C=CC(=O)OC(C)CC[Si](O[Si](C)(C)C=C)(O[Si](C)(C)C=C)O[Si](C)(C)C=C. The largest absolute Gasteiger partial charge is 0.470 e. The zero-order valence-electron chi connectivity index (χ0n) is 18.7. The van der Waals surface area contributed by atoms with Crippen molar-refractivity contribution in [3.63, 3.8) is 0 Å². The summed E-state index contributed by atoms with van der Waals surface area (Å²) >= 11 is 0. The second-order valence-electron chi connectivity index (χ2n) is 8.40. The van der Waals surface area contributed by atoms with Gasteiger partial charge in [-0.25, -0.2) is 4.79 Å². The van der Waals surface area contributed by atoms with Crippen LogP contribution in [0.15, 0.2) is 49.5 Å². The molecule has 0 aromatic heterocycles. The van der Waals surface area contributed by atoms with Crippen molar-refractivity contribution in [1.82, 2.24) is 0 Å². The van der Waals surface area contributed by atoms with E-state index in [0.717, 1.165) is 0 Å². The van der Waals surface area contributed by atoms with Crippen LogP contribution in [-0.4, -0.2) is 45.8 Å². The van der Waals surface area contributed by atoms with Gasteiger partial charge < -0.3 is 17.1 Å². The Balaban J connectivity index is 5.95. The summed E-state index contributed by atoms with van der Waals surface area (Å²) in [6.45, 7) is 29.6. The lowest BCUT2D eigenvalue weighted by Gasteiger charge is -2.43. The maximum atomic E-state index is 11.5. The van der Waals surface area contributed by atoms with E-state index < -0.39 is 39.7 Å². The van der Waals surface area contributed by atoms with Gasteiger partial charge in [0.1, 0.15) is 0 Å². The first kappa shape index (κ1) is 27.2. The van der Waals surface area contributed by atoms with E-state index in [2.05, 4.69) is 65.6 Å². The summed E-state index contributed by atoms with van der Waals surface area (Å²) in [5.41, 5.74) is 5.65. The molecular weight excluding hydrogens is 421 g/mol. The monoisotopic (exact) mass is 458 g/mol. The van der Waals surface area contributed by atoms with Crippen molar-refractivity contribution in [3.05, 3.63) is 49.5 Å². The van der Waals surface area contributed by atoms with Gasteiger partial charge in [-0.3, -0.25) is 0 Å². The van der Waals surface area contributed by atoms with E-state index in [1.165, 1.54) is 6.08 Å². The maximum Gasteiger partial charge on any atom is 0.470 e. The predicted octanol–water partition coefficient (Wildman–Crippen LogP) is 5.27. The molecule has 28 heavy (non-hydrogen) atoms. The lowest BCUT2D eigenvalue weighted by atomic mass is 10.3. The van der Waals surface area contributed by atoms with E-state index >= 15 is 0 Å². The number of hydrogen-bond acceptors (Lipinski definition) is 5. The molecule has 1 unspecified atom stereocenters. The summed E-state index contributed by atoms with van der Waals surface area (Å²) in [4.78, 5) is 11.5. The first-order valence-electron chi connectivity index (χ1n) is 9.50. The Hall–Kier alpha value is -0.822. The van der Waals surface area contributed by atoms with Crippen molar-refractivity contribution >= 4 is 39.7 Å². The van der Waals surface area contributed by atoms with Gasteiger partial charge in [0.05, 0.1) is 6.10 Å². The van der Waals surface area contributed by atoms with Crippen molar-refractivity contribution in [2.75, 3.05) is 0 Å². The van der Waals surface area contributed by atoms with Gasteiger partial charge in [-0.05, 0) is 52.6 Å². The normalized spacial score (nSPS) is 14.1. The molecular formula is C19H38O5Si4. The zero-order valence-corrected chi connectivity index (χ0v) is 22.7. The summed E-state index contributed by atoms with van der Waals surface area (Å²) in [5.74, 6) is -0.440. The molecule has 0 amide bonds. The van der Waals surface area contributed by atoms with Crippen LogP contribution in [0.5, 0.6) is 0 Å². The minimum absolute atomic E-state index is 0.302. The number of hydrogen-bond donors (Lipinski definition) is 0. The van der Waals surface area contributed by atoms with Gasteiger partial charge in [-0.2, -0.15) is 0 Å². The minimum atomic E-state index is -3.13. The van der Waals surface area contributed by atoms with Crippen LogP contribution in [0.1, 0.15) is 13.3 Å². The summed E-state index contributed by atoms with van der Waals surface area (Å²) < 4.78 is 25.3. The second-order valence-corrected chi connectivity index (χ2v) is 23.6. The fourth-order valence-electron chi connectivity index (χ4n) is 2.23. The standard InChI is InChI=1S/C19H38O5Si4/c1-12-19(20)21-18(5)16-17-28(22-25(6,7)13-2,23-26(8,9)14-3)24-27(10,11)15-4/h12-15,18H,1-4,16-17H2,5-11H3. The quantitative estimate of drug-likeness (QED) is 0.201. The average Bonchev–Trinajstić information content (AvgIpc) is 2.58. The first-order valence-corrected chi connectivity index (χ1v) is 20.4. The van der Waals surface area contributed by atoms with Crippen molar-refractivity contribution in [3.8, 4) is 0 Å². The molecule has 0 fully saturated rings. The lowest BCUT2D eigenvalue weighted by molar-refractivity contribution is -0.142. The third-order valence-electron chi connectivity index (χ3n) is 4.07. The van der Waals surface area contributed by atoms with Gasteiger partial charge >= 0.3 is 14.8 Å². The van der Waals surface area contributed by atoms with Gasteiger partial charge in [0.25, 0.3) is 0 Å². The number of carbonyl (C=O) groups is 1. The van der Waals surface area contributed by atoms with E-state index in [9.17, 15) is 4.79 Å². The van der Waals surface area contributed by atoms with Crippen LogP contribution in [0.4, 0.5) is 0 Å². The van der Waals surface area contributed by atoms with Crippen molar-refractivity contribution < 1.29 is 21.9 Å². The molecule has 160 valence electrons. The van der Waals surface area contributed by atoms with Crippen LogP contribution in [0.2, 0.25) is 45.3 Å². The van der Waals surface area contributed by atoms with Gasteiger partial charge in [0, 0.05) is 12.1 Å². The highest BCUT2D eigenvalue weighted by atomic mass is 28.5. The van der Waals surface area contributed by atoms with Crippen molar-refractivity contribution in [2.45, 2.75) is 64.8 Å². The molecule has 0 aliphatic rings. The Kier molecular flexibility index (Phi) is 10.5. The van der Waals surface area contributed by atoms with E-state index in [1.54, 1.807) is 0 Å². The van der Waals surface area contributed by atoms with Crippen LogP contribution < -0.4 is 0 Å². The fourth-order valence-corrected chi connectivity index (χ4v) is 16.5. The molecule has 0 aliphatic heterocycles. The third-order valence-corrected chi connectivity index (χ3v) is 18.0. The molecule has 5 nitrogen and oxygen atoms in total. The van der Waals surface area contributed by atoms with Crippen LogP contribution in [0.3, 0.4) is 0 Å². The predicted molar refractivity (Wildman–Crippen MR) is 127 cm³/mol. The van der Waals surface area contributed by atoms with Crippen LogP contribution in [0.25, 0.3) is 0 Å². The number of ether oxygens (including phenoxy) is 1. The Morgan fingerprint density at radius 1 is 0.821 bits per heavy atom. The molecule has 0 heterocycles. The Morgan fingerprint density at radius 2 is 1.18 bits per heavy atom. The molecule has 0 radical (unpaired) electrons. The summed E-state index contributed by atoms with van der Waals surface area (Å²) in [5, 5.41) is 0. The van der Waals surface area contributed by atoms with Crippen LogP contribution in [0, 0.1) is 0 Å². The fraction of sp³-hybridized carbons (Fsp3) is 0.526. The summed E-state index contributed by atoms with van der Waals surface area (Å²) in [7, 11) is -9.80. The zero-order chi connectivity index (χ0) is 22.2. The van der Waals surface area contributed by atoms with E-state index in [0.29, 0.717) is 12.5 Å². The highest BCUT2D eigenvalue weighted by molar-refractivity contribution is 6.93.